The Labute approximate surface area is 432 Å². The van der Waals surface area contributed by atoms with E-state index >= 15 is 0 Å². The van der Waals surface area contributed by atoms with Gasteiger partial charge >= 0.3 is 0 Å². The number of fused-ring (bicyclic) bond motifs is 2. The van der Waals surface area contributed by atoms with Crippen LogP contribution in [0.2, 0.25) is 0 Å². The number of ether oxygens (including phenoxy) is 2. The maximum Gasteiger partial charge on any atom is 0.255 e. The van der Waals surface area contributed by atoms with Crippen molar-refractivity contribution in [2.24, 2.45) is 0 Å². The van der Waals surface area contributed by atoms with Crippen molar-refractivity contribution in [3.05, 3.63) is 107 Å². The highest BCUT2D eigenvalue weighted by Gasteiger charge is 2.41. The van der Waals surface area contributed by atoms with E-state index in [1.165, 1.54) is 6.20 Å². The molecular formula is C54H60F2N12O7. The van der Waals surface area contributed by atoms with E-state index in [0.29, 0.717) is 120 Å². The lowest BCUT2D eigenvalue weighted by atomic mass is 9.86. The van der Waals surface area contributed by atoms with Crippen LogP contribution in [0.5, 0.6) is 5.75 Å². The predicted molar refractivity (Wildman–Crippen MR) is 272 cm³/mol. The molecule has 0 spiro atoms. The smallest absolute Gasteiger partial charge is 0.255 e. The zero-order chi connectivity index (χ0) is 52.2. The van der Waals surface area contributed by atoms with E-state index in [-0.39, 0.29) is 36.1 Å². The molecule has 4 saturated heterocycles. The molecule has 3 aromatic heterocycles. The van der Waals surface area contributed by atoms with Crippen molar-refractivity contribution in [1.82, 2.24) is 44.8 Å². The van der Waals surface area contributed by atoms with Crippen LogP contribution < -0.4 is 25.2 Å². The lowest BCUT2D eigenvalue weighted by Crippen LogP contribution is -2.62. The average Bonchev–Trinajstić information content (AvgIpc) is 3.99. The van der Waals surface area contributed by atoms with Crippen molar-refractivity contribution >= 4 is 46.6 Å². The first-order valence-corrected chi connectivity index (χ1v) is 25.7. The van der Waals surface area contributed by atoms with Crippen LogP contribution in [0.3, 0.4) is 0 Å². The molecule has 21 heteroatoms. The van der Waals surface area contributed by atoms with Gasteiger partial charge in [-0.15, -0.1) is 0 Å². The fraction of sp³-hybridized carbons (Fsp3) is 0.444. The van der Waals surface area contributed by atoms with E-state index in [0.717, 1.165) is 72.6 Å². The standard InChI is InChI=1S/C54H60F2N12O7/c1-2-75-41-29-42(50-38(30-57)32-59-68(50)34-41)36-4-9-47(58-31-36)65-14-12-54(13-15-65,61-51(71)44-27-39(55)5-7-45(44)56)35-63-18-16-62(17-19-63)24-26-74-25-11-49(70)66-22-20-64(21-23-66)40-6-3-37-33-67(53(73)43(37)28-40)46-8-10-48(69)60-52(46)72/h3-7,9,27-29,31-32,34,46H,2,8,10-26,33,35H2,1H3,(H,61,71)(H,60,69,72). The van der Waals surface area contributed by atoms with E-state index in [1.54, 1.807) is 21.8 Å². The van der Waals surface area contributed by atoms with Gasteiger partial charge in [0.15, 0.2) is 0 Å². The number of benzene rings is 2. The average molecular weight is 1030 g/mol. The third-order valence-corrected chi connectivity index (χ3v) is 15.2. The molecule has 2 N–H and O–H groups in total. The Balaban J connectivity index is 0.681. The summed E-state index contributed by atoms with van der Waals surface area (Å²) in [5.74, 6) is -1.72. The molecule has 0 saturated carbocycles. The summed E-state index contributed by atoms with van der Waals surface area (Å²) in [6.07, 6.45) is 6.90. The monoisotopic (exact) mass is 1030 g/mol. The zero-order valence-electron chi connectivity index (χ0n) is 41.9. The van der Waals surface area contributed by atoms with E-state index < -0.39 is 35.0 Å². The highest BCUT2D eigenvalue weighted by molar-refractivity contribution is 6.05. The lowest BCUT2D eigenvalue weighted by Gasteiger charge is -2.46. The van der Waals surface area contributed by atoms with E-state index in [9.17, 15) is 38.0 Å². The Hall–Kier alpha value is -7.54. The van der Waals surface area contributed by atoms with Gasteiger partial charge in [-0.05, 0) is 80.3 Å². The second-order valence-electron chi connectivity index (χ2n) is 19.8. The number of carbonyl (C=O) groups excluding carboxylic acids is 5. The van der Waals surface area contributed by atoms with Crippen molar-refractivity contribution in [2.45, 2.75) is 57.2 Å². The largest absolute Gasteiger partial charge is 0.492 e. The van der Waals surface area contributed by atoms with Crippen molar-refractivity contribution < 1.29 is 42.2 Å². The Morgan fingerprint density at radius 1 is 0.880 bits per heavy atom. The van der Waals surface area contributed by atoms with Gasteiger partial charge in [-0.3, -0.25) is 39.1 Å². The highest BCUT2D eigenvalue weighted by atomic mass is 19.1. The van der Waals surface area contributed by atoms with Gasteiger partial charge in [-0.1, -0.05) is 6.07 Å². The third-order valence-electron chi connectivity index (χ3n) is 15.2. The summed E-state index contributed by atoms with van der Waals surface area (Å²) >= 11 is 0. The topological polar surface area (TPSA) is 201 Å². The maximum absolute atomic E-state index is 14.9. The van der Waals surface area contributed by atoms with Crippen LogP contribution in [0.25, 0.3) is 16.6 Å². The van der Waals surface area contributed by atoms with Crippen LogP contribution in [0.4, 0.5) is 20.3 Å². The number of amides is 5. The quantitative estimate of drug-likeness (QED) is 0.107. The van der Waals surface area contributed by atoms with Gasteiger partial charge in [0.05, 0.1) is 60.8 Å². The summed E-state index contributed by atoms with van der Waals surface area (Å²) in [6.45, 7) is 11.1. The molecule has 75 heavy (non-hydrogen) atoms. The van der Waals surface area contributed by atoms with Crippen LogP contribution in [0.15, 0.2) is 73.2 Å². The molecule has 0 aliphatic carbocycles. The number of nitrogens with zero attached hydrogens (tertiary/aromatic N) is 10. The second kappa shape index (κ2) is 22.1. The number of halogens is 2. The van der Waals surface area contributed by atoms with Crippen molar-refractivity contribution in [1.29, 1.82) is 5.26 Å². The van der Waals surface area contributed by atoms with Crippen molar-refractivity contribution in [3.8, 4) is 22.9 Å². The van der Waals surface area contributed by atoms with Gasteiger partial charge in [-0.2, -0.15) is 10.4 Å². The predicted octanol–water partition coefficient (Wildman–Crippen LogP) is 3.85. The Kier molecular flexibility index (Phi) is 15.0. The van der Waals surface area contributed by atoms with Crippen molar-refractivity contribution in [2.75, 3.05) is 108 Å². The minimum atomic E-state index is -0.789. The molecule has 2 aromatic carbocycles. The first kappa shape index (κ1) is 51.0. The molecule has 5 amide bonds. The zero-order valence-corrected chi connectivity index (χ0v) is 41.9. The normalized spacial score (nSPS) is 19.3. The molecule has 1 atom stereocenters. The molecule has 5 aliphatic rings. The molecule has 5 aliphatic heterocycles. The van der Waals surface area contributed by atoms with Gasteiger partial charge in [0.1, 0.15) is 35.3 Å². The molecule has 392 valence electrons. The molecule has 0 bridgehead atoms. The van der Waals surface area contributed by atoms with Crippen LogP contribution in [0.1, 0.15) is 70.9 Å². The first-order valence-electron chi connectivity index (χ1n) is 25.7. The number of rotatable bonds is 16. The van der Waals surface area contributed by atoms with Gasteiger partial charge in [0.2, 0.25) is 17.7 Å². The molecule has 5 aromatic rings. The number of piperidine rings is 2. The fourth-order valence-electron chi connectivity index (χ4n) is 11.0. The molecule has 0 radical (unpaired) electrons. The molecule has 8 heterocycles. The minimum absolute atomic E-state index is 0.0285. The van der Waals surface area contributed by atoms with Crippen LogP contribution in [-0.2, 0) is 25.7 Å². The molecule has 4 fully saturated rings. The van der Waals surface area contributed by atoms with E-state index in [2.05, 4.69) is 41.4 Å². The van der Waals surface area contributed by atoms with E-state index in [1.807, 2.05) is 48.2 Å². The highest BCUT2D eigenvalue weighted by Crippen LogP contribution is 2.34. The number of pyridine rings is 2. The number of hydrogen-bond acceptors (Lipinski definition) is 14. The van der Waals surface area contributed by atoms with Gasteiger partial charge < -0.3 is 34.4 Å². The lowest BCUT2D eigenvalue weighted by molar-refractivity contribution is -0.137. The van der Waals surface area contributed by atoms with Crippen LogP contribution in [-0.4, -0.2) is 174 Å². The van der Waals surface area contributed by atoms with Crippen molar-refractivity contribution in [3.63, 3.8) is 0 Å². The first-order chi connectivity index (χ1) is 36.4. The summed E-state index contributed by atoms with van der Waals surface area (Å²) in [6, 6.07) is 16.0. The fourth-order valence-corrected chi connectivity index (χ4v) is 11.0. The second-order valence-corrected chi connectivity index (χ2v) is 19.8. The Morgan fingerprint density at radius 2 is 1.67 bits per heavy atom. The summed E-state index contributed by atoms with van der Waals surface area (Å²) < 4.78 is 42.6. The number of hydrogen-bond donors (Lipinski definition) is 2. The Morgan fingerprint density at radius 3 is 2.40 bits per heavy atom. The summed E-state index contributed by atoms with van der Waals surface area (Å²) in [7, 11) is 0. The molecule has 1 unspecified atom stereocenters. The molecule has 19 nitrogen and oxygen atoms in total. The number of anilines is 2. The number of nitriles is 1. The van der Waals surface area contributed by atoms with Gasteiger partial charge in [0.25, 0.3) is 11.8 Å². The molecular weight excluding hydrogens is 967 g/mol. The number of carbonyl (C=O) groups is 5. The van der Waals surface area contributed by atoms with Gasteiger partial charge in [-0.25, -0.2) is 18.3 Å². The number of imide groups is 1. The number of piperazine rings is 2. The summed E-state index contributed by atoms with van der Waals surface area (Å²) in [5, 5.41) is 19.6. The summed E-state index contributed by atoms with van der Waals surface area (Å²) in [4.78, 5) is 81.5. The third kappa shape index (κ3) is 11.1. The van der Waals surface area contributed by atoms with Crippen LogP contribution in [0, 0.1) is 23.0 Å². The minimum Gasteiger partial charge on any atom is -0.492 e. The SMILES string of the molecule is CCOc1cc(-c2ccc(N3CCC(CN4CCN(CCOCCC(=O)N5CCN(c6ccc7c(c6)C(=O)N(C6CCC(=O)NC6=O)C7)CC5)CC4)(NC(=O)c4cc(F)ccc4F)CC3)nc2)c2c(C#N)cnn2c1. The van der Waals surface area contributed by atoms with Crippen LogP contribution >= 0.6 is 0 Å². The number of nitrogens with one attached hydrogen (secondary N) is 2. The number of aromatic nitrogens is 3. The summed E-state index contributed by atoms with van der Waals surface area (Å²) in [5.41, 5.74) is 3.88. The molecule has 10 rings (SSSR count). The van der Waals surface area contributed by atoms with E-state index in [4.69, 9.17) is 14.5 Å². The van der Waals surface area contributed by atoms with Gasteiger partial charge in [0, 0.05) is 120 Å². The Bertz CT molecular complexity index is 3010. The maximum atomic E-state index is 14.9.